The van der Waals surface area contributed by atoms with Crippen molar-refractivity contribution >= 4 is 11.0 Å². The average Bonchev–Trinajstić information content (AvgIpc) is 2.74. The summed E-state index contributed by atoms with van der Waals surface area (Å²) in [6.07, 6.45) is 3.58. The van der Waals surface area contributed by atoms with Crippen LogP contribution in [-0.2, 0) is 6.54 Å². The Balaban J connectivity index is 1.75. The second-order valence-electron chi connectivity index (χ2n) is 8.02. The number of aryl methyl sites for hydroxylation is 1. The molecule has 30 heavy (non-hydrogen) atoms. The van der Waals surface area contributed by atoms with Gasteiger partial charge in [-0.15, -0.1) is 0 Å². The lowest BCUT2D eigenvalue weighted by molar-refractivity contribution is -0.941. The van der Waals surface area contributed by atoms with Crippen molar-refractivity contribution in [3.8, 4) is 23.0 Å². The number of piperidine rings is 1. The van der Waals surface area contributed by atoms with Gasteiger partial charge in [-0.2, -0.15) is 0 Å². The number of phenols is 1. The first-order chi connectivity index (χ1) is 14.5. The Labute approximate surface area is 175 Å². The van der Waals surface area contributed by atoms with Crippen molar-refractivity contribution < 1.29 is 23.9 Å². The highest BCUT2D eigenvalue weighted by Gasteiger charge is 2.26. The molecule has 0 bridgehead atoms. The lowest BCUT2D eigenvalue weighted by atomic mass is 10.0. The number of rotatable bonds is 5. The molecular formula is C24H28NO5+. The minimum atomic E-state index is -0.250. The van der Waals surface area contributed by atoms with Gasteiger partial charge < -0.3 is 23.9 Å². The van der Waals surface area contributed by atoms with Crippen molar-refractivity contribution in [3.63, 3.8) is 0 Å². The van der Waals surface area contributed by atoms with E-state index in [1.807, 2.05) is 6.07 Å². The monoisotopic (exact) mass is 410 g/mol. The molecule has 2 atom stereocenters. The van der Waals surface area contributed by atoms with Crippen LogP contribution in [0.25, 0.3) is 11.0 Å². The molecule has 4 rings (SSSR count). The number of hydrogen-bond donors (Lipinski definition) is 2. The van der Waals surface area contributed by atoms with Gasteiger partial charge in [0.15, 0.2) is 5.58 Å². The number of quaternary nitrogens is 1. The van der Waals surface area contributed by atoms with Crippen LogP contribution in [0.1, 0.15) is 37.5 Å². The Hall–Kier alpha value is -2.99. The lowest BCUT2D eigenvalue weighted by Crippen LogP contribution is -3.14. The first-order valence-corrected chi connectivity index (χ1v) is 10.4. The normalized spacial score (nSPS) is 19.0. The average molecular weight is 410 g/mol. The SMILES string of the molecule is COc1cccc(Oc2c(C)oc3c(C[NH+]4CCCC[C@H]4C)c(O)ccc3c2=O)c1. The molecule has 0 aliphatic carbocycles. The molecule has 1 aliphatic heterocycles. The summed E-state index contributed by atoms with van der Waals surface area (Å²) in [7, 11) is 1.58. The smallest absolute Gasteiger partial charge is 0.235 e. The molecule has 158 valence electrons. The van der Waals surface area contributed by atoms with E-state index in [0.717, 1.165) is 6.54 Å². The van der Waals surface area contributed by atoms with E-state index < -0.39 is 0 Å². The Morgan fingerprint density at radius 1 is 1.20 bits per heavy atom. The number of benzene rings is 2. The van der Waals surface area contributed by atoms with Gasteiger partial charge in [-0.25, -0.2) is 0 Å². The maximum Gasteiger partial charge on any atom is 0.235 e. The minimum absolute atomic E-state index is 0.145. The lowest BCUT2D eigenvalue weighted by Gasteiger charge is -2.30. The molecule has 1 fully saturated rings. The topological polar surface area (TPSA) is 73.3 Å². The zero-order chi connectivity index (χ0) is 21.3. The first kappa shape index (κ1) is 20.3. The van der Waals surface area contributed by atoms with Crippen molar-refractivity contribution in [2.24, 2.45) is 0 Å². The third kappa shape index (κ3) is 3.87. The Kier molecular flexibility index (Phi) is 5.68. The van der Waals surface area contributed by atoms with Gasteiger partial charge in [-0.05, 0) is 57.4 Å². The van der Waals surface area contributed by atoms with E-state index in [1.54, 1.807) is 44.4 Å². The number of fused-ring (bicyclic) bond motifs is 1. The standard InChI is InChI=1S/C24H27NO5/c1-15-7-4-5-12-25(15)14-20-21(26)11-10-19-22(27)23(16(2)29-24(19)20)30-18-9-6-8-17(13-18)28-3/h6,8-11,13,15,26H,4-5,7,12,14H2,1-3H3/p+1/t15-/m1/s1. The maximum absolute atomic E-state index is 13.2. The quantitative estimate of drug-likeness (QED) is 0.673. The molecule has 1 saturated heterocycles. The third-order valence-corrected chi connectivity index (χ3v) is 6.01. The maximum atomic E-state index is 13.2. The zero-order valence-electron chi connectivity index (χ0n) is 17.7. The van der Waals surface area contributed by atoms with E-state index in [2.05, 4.69) is 6.92 Å². The molecule has 1 aromatic heterocycles. The summed E-state index contributed by atoms with van der Waals surface area (Å²) < 4.78 is 17.2. The predicted octanol–water partition coefficient (Wildman–Crippen LogP) is 3.57. The van der Waals surface area contributed by atoms with Gasteiger partial charge in [-0.1, -0.05) is 6.07 Å². The van der Waals surface area contributed by atoms with Gasteiger partial charge in [0.25, 0.3) is 0 Å². The summed E-state index contributed by atoms with van der Waals surface area (Å²) in [6, 6.07) is 10.8. The molecule has 0 radical (unpaired) electrons. The van der Waals surface area contributed by atoms with Crippen LogP contribution in [0, 0.1) is 6.92 Å². The van der Waals surface area contributed by atoms with Crippen molar-refractivity contribution in [2.75, 3.05) is 13.7 Å². The molecule has 1 unspecified atom stereocenters. The van der Waals surface area contributed by atoms with Crippen LogP contribution in [0.15, 0.2) is 45.6 Å². The summed E-state index contributed by atoms with van der Waals surface area (Å²) in [5.74, 6) is 1.82. The fourth-order valence-corrected chi connectivity index (χ4v) is 4.21. The Morgan fingerprint density at radius 2 is 2.00 bits per heavy atom. The molecular weight excluding hydrogens is 382 g/mol. The van der Waals surface area contributed by atoms with Gasteiger partial charge in [0.1, 0.15) is 29.6 Å². The number of methoxy groups -OCH3 is 1. The number of ether oxygens (including phenoxy) is 2. The van der Waals surface area contributed by atoms with Crippen LogP contribution >= 0.6 is 0 Å². The largest absolute Gasteiger partial charge is 0.507 e. The van der Waals surface area contributed by atoms with Crippen LogP contribution in [-0.4, -0.2) is 24.8 Å². The van der Waals surface area contributed by atoms with Crippen LogP contribution < -0.4 is 19.8 Å². The summed E-state index contributed by atoms with van der Waals surface area (Å²) >= 11 is 0. The van der Waals surface area contributed by atoms with E-state index in [9.17, 15) is 9.90 Å². The highest BCUT2D eigenvalue weighted by Crippen LogP contribution is 2.31. The summed E-state index contributed by atoms with van der Waals surface area (Å²) in [4.78, 5) is 14.6. The number of aromatic hydroxyl groups is 1. The van der Waals surface area contributed by atoms with Gasteiger partial charge >= 0.3 is 0 Å². The van der Waals surface area contributed by atoms with E-state index in [4.69, 9.17) is 13.9 Å². The van der Waals surface area contributed by atoms with Crippen molar-refractivity contribution in [1.29, 1.82) is 0 Å². The van der Waals surface area contributed by atoms with Crippen LogP contribution in [0.2, 0.25) is 0 Å². The van der Waals surface area contributed by atoms with Gasteiger partial charge in [0.05, 0.1) is 30.6 Å². The molecule has 2 heterocycles. The number of phenolic OH excluding ortho intramolecular Hbond substituents is 1. The molecule has 6 nitrogen and oxygen atoms in total. The fraction of sp³-hybridized carbons (Fsp3) is 0.375. The van der Waals surface area contributed by atoms with E-state index in [-0.39, 0.29) is 16.9 Å². The molecule has 0 saturated carbocycles. The second kappa shape index (κ2) is 8.40. The number of likely N-dealkylation sites (tertiary alicyclic amines) is 1. The highest BCUT2D eigenvalue weighted by molar-refractivity contribution is 5.83. The zero-order valence-corrected chi connectivity index (χ0v) is 17.7. The minimum Gasteiger partial charge on any atom is -0.507 e. The molecule has 1 aliphatic rings. The highest BCUT2D eigenvalue weighted by atomic mass is 16.5. The fourth-order valence-electron chi connectivity index (χ4n) is 4.21. The van der Waals surface area contributed by atoms with Gasteiger partial charge in [0.2, 0.25) is 11.2 Å². The van der Waals surface area contributed by atoms with E-state index in [1.165, 1.54) is 24.2 Å². The summed E-state index contributed by atoms with van der Waals surface area (Å²) in [5.41, 5.74) is 0.879. The predicted molar refractivity (Wildman–Crippen MR) is 115 cm³/mol. The molecule has 3 aromatic rings. The Bertz CT molecular complexity index is 1120. The van der Waals surface area contributed by atoms with Crippen LogP contribution in [0.3, 0.4) is 0 Å². The Morgan fingerprint density at radius 3 is 2.77 bits per heavy atom. The molecule has 0 spiro atoms. The van der Waals surface area contributed by atoms with Crippen molar-refractivity contribution in [1.82, 2.24) is 0 Å². The number of nitrogens with one attached hydrogen (secondary N) is 1. The van der Waals surface area contributed by atoms with Gasteiger partial charge in [-0.3, -0.25) is 4.79 Å². The molecule has 2 N–H and O–H groups in total. The van der Waals surface area contributed by atoms with Crippen LogP contribution in [0.5, 0.6) is 23.0 Å². The van der Waals surface area contributed by atoms with E-state index >= 15 is 0 Å². The molecule has 0 amide bonds. The van der Waals surface area contributed by atoms with Crippen molar-refractivity contribution in [2.45, 2.75) is 45.7 Å². The summed E-state index contributed by atoms with van der Waals surface area (Å²) in [5, 5.41) is 11.0. The van der Waals surface area contributed by atoms with Crippen LogP contribution in [0.4, 0.5) is 0 Å². The van der Waals surface area contributed by atoms with Gasteiger partial charge in [0, 0.05) is 6.07 Å². The molecule has 2 aromatic carbocycles. The second-order valence-corrected chi connectivity index (χ2v) is 8.02. The number of hydrogen-bond acceptors (Lipinski definition) is 5. The third-order valence-electron chi connectivity index (χ3n) is 6.01. The molecule has 6 heteroatoms. The summed E-state index contributed by atoms with van der Waals surface area (Å²) in [6.45, 7) is 5.62. The van der Waals surface area contributed by atoms with E-state index in [0.29, 0.717) is 46.4 Å². The van der Waals surface area contributed by atoms with Crippen molar-refractivity contribution in [3.05, 3.63) is 57.9 Å². The first-order valence-electron chi connectivity index (χ1n) is 10.4.